The number of rotatable bonds is 3. The second kappa shape index (κ2) is 7.02. The molecule has 1 heterocycles. The molecule has 0 amide bonds. The molecule has 0 saturated heterocycles. The van der Waals surface area contributed by atoms with Crippen molar-refractivity contribution < 1.29 is 14.1 Å². The van der Waals surface area contributed by atoms with Crippen molar-refractivity contribution in [2.45, 2.75) is 64.9 Å². The lowest BCUT2D eigenvalue weighted by Gasteiger charge is -2.26. The zero-order chi connectivity index (χ0) is 19.0. The Bertz CT molecular complexity index is 756. The summed E-state index contributed by atoms with van der Waals surface area (Å²) in [4.78, 5) is 12.6. The average Bonchev–Trinajstić information content (AvgIpc) is 2.84. The molecule has 2 atom stereocenters. The topological polar surface area (TPSA) is 66.3 Å². The van der Waals surface area contributed by atoms with Gasteiger partial charge in [0.05, 0.1) is 11.6 Å². The number of nitrogens with one attached hydrogen (secondary N) is 1. The molecule has 25 heavy (non-hydrogen) atoms. The Morgan fingerprint density at radius 1 is 1.20 bits per heavy atom. The van der Waals surface area contributed by atoms with E-state index in [1.54, 1.807) is 6.20 Å². The summed E-state index contributed by atoms with van der Waals surface area (Å²) in [7, 11) is 0. The molecule has 0 spiro atoms. The van der Waals surface area contributed by atoms with Crippen LogP contribution in [-0.4, -0.2) is 25.6 Å². The fourth-order valence-corrected chi connectivity index (χ4v) is 3.22. The van der Waals surface area contributed by atoms with E-state index in [0.717, 1.165) is 16.5 Å². The zero-order valence-corrected chi connectivity index (χ0v) is 16.9. The minimum atomic E-state index is -1.20. The van der Waals surface area contributed by atoms with Gasteiger partial charge >= 0.3 is 6.09 Å². The first kappa shape index (κ1) is 19.8. The molecule has 0 aliphatic carbocycles. The summed E-state index contributed by atoms with van der Waals surface area (Å²) in [6.45, 7) is 13.2. The maximum Gasteiger partial charge on any atom is 0.419 e. The highest BCUT2D eigenvalue weighted by molar-refractivity contribution is 7.90. The Labute approximate surface area is 153 Å². The molecule has 2 aromatic rings. The average molecular weight is 365 g/mol. The standard InChI is InChI=1S/C19H28N2O3S/c1-13(20-25(23)19(5,6)7)15-12-21(17(22)24-18(2,3)4)16-11-9-8-10-14(15)16/h8-13,20H,1-7H3. The highest BCUT2D eigenvalue weighted by Gasteiger charge is 2.30. The van der Waals surface area contributed by atoms with Crippen molar-refractivity contribution in [3.05, 3.63) is 36.0 Å². The molecule has 5 nitrogen and oxygen atoms in total. The molecule has 0 aliphatic rings. The molecule has 0 saturated carbocycles. The Hall–Kier alpha value is -1.50. The van der Waals surface area contributed by atoms with E-state index in [2.05, 4.69) is 4.72 Å². The number of aromatic nitrogens is 1. The van der Waals surface area contributed by atoms with Crippen LogP contribution in [0.25, 0.3) is 10.9 Å². The second-order valence-corrected chi connectivity index (χ2v) is 10.2. The number of hydrogen-bond acceptors (Lipinski definition) is 4. The fourth-order valence-electron chi connectivity index (χ4n) is 2.41. The predicted molar refractivity (Wildman–Crippen MR) is 103 cm³/mol. The number of benzene rings is 1. The van der Waals surface area contributed by atoms with Gasteiger partial charge in [-0.25, -0.2) is 4.79 Å². The number of hydrogen-bond donors (Lipinski definition) is 1. The largest absolute Gasteiger partial charge is 0.598 e. The molecule has 138 valence electrons. The minimum absolute atomic E-state index is 0.173. The summed E-state index contributed by atoms with van der Waals surface area (Å²) in [6.07, 6.45) is 1.36. The van der Waals surface area contributed by atoms with E-state index in [9.17, 15) is 9.35 Å². The van der Waals surface area contributed by atoms with Gasteiger partial charge in [0.2, 0.25) is 0 Å². The van der Waals surface area contributed by atoms with Crippen molar-refractivity contribution in [3.63, 3.8) is 0 Å². The van der Waals surface area contributed by atoms with E-state index < -0.39 is 23.1 Å². The number of fused-ring (bicyclic) bond motifs is 1. The van der Waals surface area contributed by atoms with Crippen LogP contribution in [0.4, 0.5) is 4.79 Å². The van der Waals surface area contributed by atoms with Crippen molar-refractivity contribution in [1.29, 1.82) is 0 Å². The maximum atomic E-state index is 12.6. The second-order valence-electron chi connectivity index (χ2n) is 8.17. The summed E-state index contributed by atoms with van der Waals surface area (Å²) < 4.78 is 22.2. The molecule has 2 rings (SSSR count). The number of para-hydroxylation sites is 1. The molecule has 2 unspecified atom stereocenters. The first-order valence-corrected chi connectivity index (χ1v) is 9.56. The van der Waals surface area contributed by atoms with Crippen LogP contribution in [0.1, 0.15) is 60.1 Å². The third kappa shape index (κ3) is 4.77. The van der Waals surface area contributed by atoms with Gasteiger partial charge in [0, 0.05) is 22.9 Å². The van der Waals surface area contributed by atoms with Crippen LogP contribution >= 0.6 is 0 Å². The highest BCUT2D eigenvalue weighted by atomic mass is 32.2. The third-order valence-corrected chi connectivity index (χ3v) is 5.32. The van der Waals surface area contributed by atoms with E-state index in [0.29, 0.717) is 0 Å². The number of ether oxygens (including phenoxy) is 1. The quantitative estimate of drug-likeness (QED) is 0.812. The van der Waals surface area contributed by atoms with Gasteiger partial charge in [-0.15, -0.1) is 4.72 Å². The molecule has 0 bridgehead atoms. The van der Waals surface area contributed by atoms with Crippen LogP contribution in [0.5, 0.6) is 0 Å². The van der Waals surface area contributed by atoms with Crippen LogP contribution in [0.3, 0.4) is 0 Å². The van der Waals surface area contributed by atoms with Gasteiger partial charge in [0.15, 0.2) is 0 Å². The van der Waals surface area contributed by atoms with Gasteiger partial charge in [-0.1, -0.05) is 18.2 Å². The maximum absolute atomic E-state index is 12.6. The smallest absolute Gasteiger partial charge is 0.419 e. The highest BCUT2D eigenvalue weighted by Crippen LogP contribution is 2.29. The van der Waals surface area contributed by atoms with Crippen molar-refractivity contribution in [2.75, 3.05) is 0 Å². The number of carbonyl (C=O) groups is 1. The molecule has 0 radical (unpaired) electrons. The van der Waals surface area contributed by atoms with Gasteiger partial charge in [0.25, 0.3) is 0 Å². The van der Waals surface area contributed by atoms with Gasteiger partial charge in [-0.3, -0.25) is 4.57 Å². The van der Waals surface area contributed by atoms with E-state index in [-0.39, 0.29) is 10.8 Å². The van der Waals surface area contributed by atoms with E-state index >= 15 is 0 Å². The van der Waals surface area contributed by atoms with Crippen molar-refractivity contribution in [1.82, 2.24) is 9.29 Å². The third-order valence-electron chi connectivity index (χ3n) is 3.64. The Balaban J connectivity index is 2.40. The van der Waals surface area contributed by atoms with E-state index in [1.165, 1.54) is 4.57 Å². The van der Waals surface area contributed by atoms with Crippen LogP contribution < -0.4 is 4.72 Å². The molecule has 6 heteroatoms. The van der Waals surface area contributed by atoms with Gasteiger partial charge in [0.1, 0.15) is 10.3 Å². The Kier molecular flexibility index (Phi) is 5.56. The van der Waals surface area contributed by atoms with Crippen LogP contribution in [-0.2, 0) is 16.1 Å². The van der Waals surface area contributed by atoms with Crippen molar-refractivity contribution in [3.8, 4) is 0 Å². The van der Waals surface area contributed by atoms with Crippen LogP contribution in [0.2, 0.25) is 0 Å². The van der Waals surface area contributed by atoms with Gasteiger partial charge in [-0.2, -0.15) is 0 Å². The summed E-state index contributed by atoms with van der Waals surface area (Å²) in [5, 5.41) is 0.944. The van der Waals surface area contributed by atoms with E-state index in [4.69, 9.17) is 4.74 Å². The van der Waals surface area contributed by atoms with Crippen molar-refractivity contribution >= 4 is 28.4 Å². The van der Waals surface area contributed by atoms with Crippen LogP contribution in [0.15, 0.2) is 30.5 Å². The lowest BCUT2D eigenvalue weighted by molar-refractivity contribution is 0.0544. The molecular weight excluding hydrogens is 336 g/mol. The molecule has 0 fully saturated rings. The molecule has 0 aliphatic heterocycles. The lowest BCUT2D eigenvalue weighted by atomic mass is 10.1. The summed E-state index contributed by atoms with van der Waals surface area (Å²) in [6, 6.07) is 7.49. The van der Waals surface area contributed by atoms with Crippen LogP contribution in [0, 0.1) is 0 Å². The normalized spacial score (nSPS) is 15.2. The molecule has 1 aromatic heterocycles. The zero-order valence-electron chi connectivity index (χ0n) is 16.0. The summed E-state index contributed by atoms with van der Waals surface area (Å²) >= 11 is -1.20. The Morgan fingerprint density at radius 3 is 2.36 bits per heavy atom. The lowest BCUT2D eigenvalue weighted by Crippen LogP contribution is -2.40. The van der Waals surface area contributed by atoms with Crippen molar-refractivity contribution in [2.24, 2.45) is 0 Å². The van der Waals surface area contributed by atoms with Gasteiger partial charge < -0.3 is 9.29 Å². The molecule has 1 aromatic carbocycles. The Morgan fingerprint density at radius 2 is 1.80 bits per heavy atom. The monoisotopic (exact) mass is 364 g/mol. The van der Waals surface area contributed by atoms with Gasteiger partial charge in [-0.05, 0) is 60.1 Å². The SMILES string of the molecule is CC(N[S+]([O-])C(C)(C)C)c1cn(C(=O)OC(C)(C)C)c2ccccc12. The molecule has 1 N–H and O–H groups in total. The first-order chi connectivity index (χ1) is 11.4. The van der Waals surface area contributed by atoms with E-state index in [1.807, 2.05) is 72.7 Å². The first-order valence-electron chi connectivity index (χ1n) is 8.41. The minimum Gasteiger partial charge on any atom is -0.598 e. The number of carbonyl (C=O) groups excluding carboxylic acids is 1. The fraction of sp³-hybridized carbons (Fsp3) is 0.526. The number of nitrogens with zero attached hydrogens (tertiary/aromatic N) is 1. The summed E-state index contributed by atoms with van der Waals surface area (Å²) in [5.41, 5.74) is 1.13. The predicted octanol–water partition coefficient (Wildman–Crippen LogP) is 4.54. The summed E-state index contributed by atoms with van der Waals surface area (Å²) in [5.74, 6) is 0. The molecular formula is C19H28N2O3S.